The van der Waals surface area contributed by atoms with Crippen molar-refractivity contribution >= 4 is 38.4 Å². The standard InChI is InChI=1S/C16H12N4OS/c1-21-9-6-7-12-13(8-9)22-16(18-12)20-15-11-5-3-2-4-10(11)14(17)19-15/h2-8H,1H3,(H2,17,18,19,20). The van der Waals surface area contributed by atoms with E-state index in [1.807, 2.05) is 42.5 Å². The summed E-state index contributed by atoms with van der Waals surface area (Å²) >= 11 is 1.50. The lowest BCUT2D eigenvalue weighted by Gasteiger charge is -1.96. The fraction of sp³-hybridized carbons (Fsp3) is 0.0625. The molecule has 0 amide bonds. The van der Waals surface area contributed by atoms with E-state index in [4.69, 9.17) is 10.5 Å². The van der Waals surface area contributed by atoms with Crippen molar-refractivity contribution in [3.63, 3.8) is 0 Å². The molecule has 2 heterocycles. The number of methoxy groups -OCH3 is 1. The average molecular weight is 308 g/mol. The normalized spacial score (nSPS) is 15.1. The van der Waals surface area contributed by atoms with Crippen LogP contribution in [0.15, 0.2) is 52.4 Å². The van der Waals surface area contributed by atoms with E-state index in [1.165, 1.54) is 11.3 Å². The van der Waals surface area contributed by atoms with Gasteiger partial charge in [-0.3, -0.25) is 0 Å². The summed E-state index contributed by atoms with van der Waals surface area (Å²) in [6.45, 7) is 0. The van der Waals surface area contributed by atoms with Crippen LogP contribution >= 0.6 is 11.3 Å². The summed E-state index contributed by atoms with van der Waals surface area (Å²) in [6, 6.07) is 13.6. The van der Waals surface area contributed by atoms with Gasteiger partial charge in [0.05, 0.1) is 17.3 Å². The summed E-state index contributed by atoms with van der Waals surface area (Å²) in [5.41, 5.74) is 8.70. The third-order valence-electron chi connectivity index (χ3n) is 3.46. The molecule has 6 heteroatoms. The Morgan fingerprint density at radius 2 is 1.95 bits per heavy atom. The molecule has 0 radical (unpaired) electrons. The van der Waals surface area contributed by atoms with E-state index in [0.29, 0.717) is 16.8 Å². The van der Waals surface area contributed by atoms with Gasteiger partial charge in [-0.1, -0.05) is 35.6 Å². The zero-order valence-electron chi connectivity index (χ0n) is 11.8. The Labute approximate surface area is 130 Å². The number of nitrogens with zero attached hydrogens (tertiary/aromatic N) is 3. The van der Waals surface area contributed by atoms with Crippen LogP contribution in [0.3, 0.4) is 0 Å². The van der Waals surface area contributed by atoms with E-state index in [9.17, 15) is 0 Å². The first-order valence-electron chi connectivity index (χ1n) is 6.72. The van der Waals surface area contributed by atoms with Gasteiger partial charge in [0.25, 0.3) is 0 Å². The molecule has 1 aromatic heterocycles. The largest absolute Gasteiger partial charge is 0.497 e. The Balaban J connectivity index is 1.80. The highest BCUT2D eigenvalue weighted by Gasteiger charge is 2.19. The summed E-state index contributed by atoms with van der Waals surface area (Å²) in [7, 11) is 1.65. The lowest BCUT2D eigenvalue weighted by atomic mass is 10.1. The fourth-order valence-electron chi connectivity index (χ4n) is 2.38. The maximum absolute atomic E-state index is 5.94. The minimum Gasteiger partial charge on any atom is -0.497 e. The number of amidine groups is 2. The van der Waals surface area contributed by atoms with Crippen LogP contribution in [-0.4, -0.2) is 23.8 Å². The van der Waals surface area contributed by atoms with Gasteiger partial charge in [0.15, 0.2) is 5.84 Å². The number of hydrogen-bond donors (Lipinski definition) is 1. The van der Waals surface area contributed by atoms with Gasteiger partial charge >= 0.3 is 0 Å². The molecule has 0 fully saturated rings. The molecule has 0 atom stereocenters. The first kappa shape index (κ1) is 13.0. The maximum Gasteiger partial charge on any atom is 0.212 e. The van der Waals surface area contributed by atoms with Crippen LogP contribution in [0.4, 0.5) is 5.13 Å². The summed E-state index contributed by atoms with van der Waals surface area (Å²) in [6.07, 6.45) is 0. The van der Waals surface area contributed by atoms with E-state index in [0.717, 1.165) is 27.1 Å². The number of thiazole rings is 1. The average Bonchev–Trinajstić information content (AvgIpc) is 3.08. The van der Waals surface area contributed by atoms with Gasteiger partial charge in [0.1, 0.15) is 11.6 Å². The monoisotopic (exact) mass is 308 g/mol. The second kappa shape index (κ2) is 4.92. The van der Waals surface area contributed by atoms with E-state index >= 15 is 0 Å². The van der Waals surface area contributed by atoms with Gasteiger partial charge < -0.3 is 10.5 Å². The third-order valence-corrected chi connectivity index (χ3v) is 4.37. The lowest BCUT2D eigenvalue weighted by Crippen LogP contribution is -2.09. The first-order chi connectivity index (χ1) is 10.7. The van der Waals surface area contributed by atoms with Crippen molar-refractivity contribution < 1.29 is 4.74 Å². The molecule has 3 aromatic rings. The van der Waals surface area contributed by atoms with Crippen LogP contribution in [-0.2, 0) is 0 Å². The number of nitrogens with two attached hydrogens (primary N) is 1. The number of rotatable bonds is 2. The van der Waals surface area contributed by atoms with Crippen LogP contribution in [0.25, 0.3) is 10.2 Å². The van der Waals surface area contributed by atoms with Crippen LogP contribution in [0, 0.1) is 0 Å². The van der Waals surface area contributed by atoms with E-state index in [2.05, 4.69) is 15.0 Å². The molecular formula is C16H12N4OS. The summed E-state index contributed by atoms with van der Waals surface area (Å²) in [4.78, 5) is 13.4. The summed E-state index contributed by atoms with van der Waals surface area (Å²) in [5, 5.41) is 0.659. The molecule has 0 unspecified atom stereocenters. The summed E-state index contributed by atoms with van der Waals surface area (Å²) in [5.74, 6) is 1.92. The molecule has 4 rings (SSSR count). The Kier molecular flexibility index (Phi) is 2.90. The van der Waals surface area contributed by atoms with Crippen molar-refractivity contribution in [1.82, 2.24) is 4.98 Å². The first-order valence-corrected chi connectivity index (χ1v) is 7.53. The van der Waals surface area contributed by atoms with Crippen molar-refractivity contribution in [2.75, 3.05) is 7.11 Å². The predicted octanol–water partition coefficient (Wildman–Crippen LogP) is 3.10. The molecule has 0 saturated carbocycles. The SMILES string of the molecule is COc1ccc2nc(/N=C3\N=C(N)c4ccccc43)sc2c1. The molecule has 1 aliphatic rings. The van der Waals surface area contributed by atoms with Gasteiger partial charge in [-0.25, -0.2) is 9.98 Å². The Morgan fingerprint density at radius 1 is 1.14 bits per heavy atom. The maximum atomic E-state index is 5.94. The van der Waals surface area contributed by atoms with Crippen LogP contribution in [0.5, 0.6) is 5.75 Å². The van der Waals surface area contributed by atoms with Gasteiger partial charge in [0, 0.05) is 11.1 Å². The number of ether oxygens (including phenoxy) is 1. The predicted molar refractivity (Wildman–Crippen MR) is 89.5 cm³/mol. The van der Waals surface area contributed by atoms with Crippen molar-refractivity contribution in [2.24, 2.45) is 15.7 Å². The molecule has 0 saturated heterocycles. The molecule has 2 N–H and O–H groups in total. The molecule has 0 spiro atoms. The third kappa shape index (κ3) is 2.05. The number of aliphatic imine (C=N–C) groups is 2. The number of fused-ring (bicyclic) bond motifs is 2. The molecule has 108 valence electrons. The Hall–Kier alpha value is -2.73. The molecule has 0 aliphatic carbocycles. The molecule has 1 aliphatic heterocycles. The van der Waals surface area contributed by atoms with Crippen LogP contribution < -0.4 is 10.5 Å². The molecule has 5 nitrogen and oxygen atoms in total. The zero-order chi connectivity index (χ0) is 15.1. The van der Waals surface area contributed by atoms with Crippen molar-refractivity contribution in [1.29, 1.82) is 0 Å². The summed E-state index contributed by atoms with van der Waals surface area (Å²) < 4.78 is 6.26. The minimum atomic E-state index is 0.497. The molecular weight excluding hydrogens is 296 g/mol. The van der Waals surface area contributed by atoms with Gasteiger partial charge in [-0.15, -0.1) is 0 Å². The van der Waals surface area contributed by atoms with Crippen molar-refractivity contribution in [2.45, 2.75) is 0 Å². The topological polar surface area (TPSA) is 72.9 Å². The van der Waals surface area contributed by atoms with E-state index < -0.39 is 0 Å². The van der Waals surface area contributed by atoms with E-state index in [-0.39, 0.29) is 0 Å². The quantitative estimate of drug-likeness (QED) is 0.790. The second-order valence-electron chi connectivity index (χ2n) is 4.81. The van der Waals surface area contributed by atoms with Crippen LogP contribution in [0.2, 0.25) is 0 Å². The number of aromatic nitrogens is 1. The van der Waals surface area contributed by atoms with Crippen LogP contribution in [0.1, 0.15) is 11.1 Å². The van der Waals surface area contributed by atoms with Gasteiger partial charge in [0.2, 0.25) is 5.13 Å². The molecule has 0 bridgehead atoms. The Morgan fingerprint density at radius 3 is 2.77 bits per heavy atom. The smallest absolute Gasteiger partial charge is 0.212 e. The highest BCUT2D eigenvalue weighted by molar-refractivity contribution is 7.22. The molecule has 2 aromatic carbocycles. The molecule has 22 heavy (non-hydrogen) atoms. The highest BCUT2D eigenvalue weighted by atomic mass is 32.1. The highest BCUT2D eigenvalue weighted by Crippen LogP contribution is 2.32. The fourth-order valence-corrected chi connectivity index (χ4v) is 3.25. The second-order valence-corrected chi connectivity index (χ2v) is 5.82. The van der Waals surface area contributed by atoms with Crippen molar-refractivity contribution in [3.8, 4) is 5.75 Å². The number of hydrogen-bond acceptors (Lipinski definition) is 5. The minimum absolute atomic E-state index is 0.497. The number of benzene rings is 2. The Bertz CT molecular complexity index is 942. The zero-order valence-corrected chi connectivity index (χ0v) is 12.6. The van der Waals surface area contributed by atoms with Gasteiger partial charge in [-0.2, -0.15) is 4.99 Å². The van der Waals surface area contributed by atoms with Gasteiger partial charge in [-0.05, 0) is 18.2 Å². The van der Waals surface area contributed by atoms with E-state index in [1.54, 1.807) is 7.11 Å². The van der Waals surface area contributed by atoms with Crippen molar-refractivity contribution in [3.05, 3.63) is 53.6 Å². The lowest BCUT2D eigenvalue weighted by molar-refractivity contribution is 0.415.